The van der Waals surface area contributed by atoms with E-state index in [1.807, 2.05) is 32.0 Å². The average Bonchev–Trinajstić information content (AvgIpc) is 3.13. The van der Waals surface area contributed by atoms with E-state index in [4.69, 9.17) is 4.74 Å². The van der Waals surface area contributed by atoms with E-state index >= 15 is 0 Å². The van der Waals surface area contributed by atoms with E-state index in [1.165, 1.54) is 42.6 Å². The van der Waals surface area contributed by atoms with E-state index in [0.29, 0.717) is 6.54 Å². The summed E-state index contributed by atoms with van der Waals surface area (Å²) in [5, 5.41) is 2.98. The van der Waals surface area contributed by atoms with Gasteiger partial charge in [-0.1, -0.05) is 42.0 Å². The first-order chi connectivity index (χ1) is 12.6. The summed E-state index contributed by atoms with van der Waals surface area (Å²) in [6.07, 6.45) is 2.57. The van der Waals surface area contributed by atoms with Crippen LogP contribution in [0.2, 0.25) is 0 Å². The molecule has 0 atom stereocenters. The molecule has 0 bridgehead atoms. The van der Waals surface area contributed by atoms with Gasteiger partial charge in [0.15, 0.2) is 6.61 Å². The van der Waals surface area contributed by atoms with Crippen molar-refractivity contribution >= 4 is 5.91 Å². The van der Waals surface area contributed by atoms with Crippen molar-refractivity contribution in [3.63, 3.8) is 0 Å². The zero-order valence-electron chi connectivity index (χ0n) is 15.8. The normalized spacial score (nSPS) is 14.4. The average molecular weight is 352 g/mol. The first-order valence-corrected chi connectivity index (χ1v) is 9.38. The van der Waals surface area contributed by atoms with Crippen LogP contribution in [0.25, 0.3) is 0 Å². The Balaban J connectivity index is 1.51. The second-order valence-electron chi connectivity index (χ2n) is 7.09. The van der Waals surface area contributed by atoms with Gasteiger partial charge >= 0.3 is 0 Å². The van der Waals surface area contributed by atoms with E-state index in [-0.39, 0.29) is 12.5 Å². The van der Waals surface area contributed by atoms with Crippen LogP contribution in [0.15, 0.2) is 42.5 Å². The predicted octanol–water partition coefficient (Wildman–Crippen LogP) is 3.59. The van der Waals surface area contributed by atoms with E-state index < -0.39 is 0 Å². The van der Waals surface area contributed by atoms with Crippen LogP contribution in [0, 0.1) is 13.8 Å². The summed E-state index contributed by atoms with van der Waals surface area (Å²) in [6, 6.07) is 14.3. The molecule has 1 fully saturated rings. The molecule has 1 aliphatic rings. The summed E-state index contributed by atoms with van der Waals surface area (Å²) in [5.41, 5.74) is 4.71. The lowest BCUT2D eigenvalue weighted by Gasteiger charge is -2.18. The van der Waals surface area contributed by atoms with E-state index in [9.17, 15) is 4.79 Å². The molecule has 0 aliphatic carbocycles. The molecule has 26 heavy (non-hydrogen) atoms. The fraction of sp³-hybridized carbons (Fsp3) is 0.409. The predicted molar refractivity (Wildman–Crippen MR) is 104 cm³/mol. The molecule has 1 N–H and O–H groups in total. The van der Waals surface area contributed by atoms with Gasteiger partial charge in [0.25, 0.3) is 5.91 Å². The minimum atomic E-state index is -0.0963. The van der Waals surface area contributed by atoms with Crippen LogP contribution in [0.4, 0.5) is 0 Å². The number of carbonyl (C=O) groups excluding carboxylic acids is 1. The second-order valence-corrected chi connectivity index (χ2v) is 7.09. The monoisotopic (exact) mass is 352 g/mol. The summed E-state index contributed by atoms with van der Waals surface area (Å²) in [7, 11) is 0. The van der Waals surface area contributed by atoms with E-state index in [0.717, 1.165) is 17.9 Å². The number of nitrogens with one attached hydrogen (secondary N) is 1. The molecule has 0 radical (unpaired) electrons. The molecule has 0 spiro atoms. The molecule has 3 rings (SSSR count). The molecule has 2 aromatic carbocycles. The fourth-order valence-electron chi connectivity index (χ4n) is 3.42. The lowest BCUT2D eigenvalue weighted by molar-refractivity contribution is -0.123. The maximum atomic E-state index is 12.2. The Kier molecular flexibility index (Phi) is 6.29. The third-order valence-corrected chi connectivity index (χ3v) is 4.88. The molecule has 0 aromatic heterocycles. The summed E-state index contributed by atoms with van der Waals surface area (Å²) < 4.78 is 5.66. The molecule has 138 valence electrons. The van der Waals surface area contributed by atoms with Gasteiger partial charge in [-0.05, 0) is 62.5 Å². The molecule has 1 amide bonds. The van der Waals surface area contributed by atoms with Crippen molar-refractivity contribution in [2.45, 2.75) is 39.8 Å². The van der Waals surface area contributed by atoms with Gasteiger partial charge in [-0.2, -0.15) is 0 Å². The number of hydrogen-bond donors (Lipinski definition) is 1. The number of amides is 1. The van der Waals surface area contributed by atoms with Crippen LogP contribution >= 0.6 is 0 Å². The summed E-state index contributed by atoms with van der Waals surface area (Å²) in [5.74, 6) is 0.668. The Morgan fingerprint density at radius 3 is 2.54 bits per heavy atom. The number of rotatable bonds is 7. The molecule has 0 unspecified atom stereocenters. The minimum Gasteiger partial charge on any atom is -0.484 e. The highest BCUT2D eigenvalue weighted by Gasteiger charge is 2.14. The summed E-state index contributed by atoms with van der Waals surface area (Å²) in [4.78, 5) is 14.7. The topological polar surface area (TPSA) is 41.6 Å². The number of likely N-dealkylation sites (tertiary alicyclic amines) is 1. The molecular formula is C22H28N2O2. The second kappa shape index (κ2) is 8.86. The highest BCUT2D eigenvalue weighted by atomic mass is 16.5. The smallest absolute Gasteiger partial charge is 0.258 e. The Labute approximate surface area is 156 Å². The number of nitrogens with zero attached hydrogens (tertiary/aromatic N) is 1. The number of carbonyl (C=O) groups is 1. The third kappa shape index (κ3) is 5.09. The summed E-state index contributed by atoms with van der Waals surface area (Å²) >= 11 is 0. The van der Waals surface area contributed by atoms with Gasteiger partial charge in [0.05, 0.1) is 0 Å². The first kappa shape index (κ1) is 18.5. The van der Waals surface area contributed by atoms with E-state index in [1.54, 1.807) is 0 Å². The minimum absolute atomic E-state index is 0.0399. The highest BCUT2D eigenvalue weighted by molar-refractivity contribution is 5.77. The quantitative estimate of drug-likeness (QED) is 0.828. The maximum Gasteiger partial charge on any atom is 0.258 e. The number of aryl methyl sites for hydroxylation is 2. The largest absolute Gasteiger partial charge is 0.484 e. The molecule has 2 aromatic rings. The standard InChI is InChI=1S/C22H28N2O2/c1-17-9-10-21(18(2)13-17)26-16-22(25)23-14-19-7-3-4-8-20(19)15-24-11-5-6-12-24/h3-4,7-10,13H,5-6,11-12,14-16H2,1-2H3,(H,23,25). The van der Waals surface area contributed by atoms with Gasteiger partial charge in [0.1, 0.15) is 5.75 Å². The van der Waals surface area contributed by atoms with Crippen LogP contribution < -0.4 is 10.1 Å². The van der Waals surface area contributed by atoms with Crippen molar-refractivity contribution in [1.29, 1.82) is 0 Å². The Bertz CT molecular complexity index is 752. The van der Waals surface area contributed by atoms with Crippen molar-refractivity contribution in [3.05, 3.63) is 64.7 Å². The first-order valence-electron chi connectivity index (χ1n) is 9.38. The van der Waals surface area contributed by atoms with E-state index in [2.05, 4.69) is 34.5 Å². The number of ether oxygens (including phenoxy) is 1. The van der Waals surface area contributed by atoms with Crippen LogP contribution in [0.5, 0.6) is 5.75 Å². The molecule has 0 saturated carbocycles. The molecule has 4 heteroatoms. The van der Waals surface area contributed by atoms with Crippen molar-refractivity contribution < 1.29 is 9.53 Å². The van der Waals surface area contributed by atoms with Crippen LogP contribution in [0.3, 0.4) is 0 Å². The van der Waals surface area contributed by atoms with Gasteiger partial charge in [-0.3, -0.25) is 9.69 Å². The Morgan fingerprint density at radius 1 is 1.08 bits per heavy atom. The van der Waals surface area contributed by atoms with Crippen molar-refractivity contribution in [1.82, 2.24) is 10.2 Å². The van der Waals surface area contributed by atoms with Gasteiger partial charge < -0.3 is 10.1 Å². The van der Waals surface area contributed by atoms with Crippen LogP contribution in [0.1, 0.15) is 35.1 Å². The van der Waals surface area contributed by atoms with Crippen LogP contribution in [-0.2, 0) is 17.9 Å². The lowest BCUT2D eigenvalue weighted by Crippen LogP contribution is -2.29. The number of hydrogen-bond acceptors (Lipinski definition) is 3. The highest BCUT2D eigenvalue weighted by Crippen LogP contribution is 2.19. The Hall–Kier alpha value is -2.33. The zero-order valence-corrected chi connectivity index (χ0v) is 15.8. The van der Waals surface area contributed by atoms with Crippen LogP contribution in [-0.4, -0.2) is 30.5 Å². The fourth-order valence-corrected chi connectivity index (χ4v) is 3.42. The van der Waals surface area contributed by atoms with Crippen molar-refractivity contribution in [2.24, 2.45) is 0 Å². The molecular weight excluding hydrogens is 324 g/mol. The van der Waals surface area contributed by atoms with Crippen molar-refractivity contribution in [3.8, 4) is 5.75 Å². The van der Waals surface area contributed by atoms with Gasteiger partial charge in [0, 0.05) is 13.1 Å². The maximum absolute atomic E-state index is 12.2. The molecule has 1 heterocycles. The van der Waals surface area contributed by atoms with Crippen molar-refractivity contribution in [2.75, 3.05) is 19.7 Å². The summed E-state index contributed by atoms with van der Waals surface area (Å²) in [6.45, 7) is 7.93. The molecule has 1 aliphatic heterocycles. The molecule has 4 nitrogen and oxygen atoms in total. The number of benzene rings is 2. The third-order valence-electron chi connectivity index (χ3n) is 4.88. The van der Waals surface area contributed by atoms with Gasteiger partial charge in [0.2, 0.25) is 0 Å². The SMILES string of the molecule is Cc1ccc(OCC(=O)NCc2ccccc2CN2CCCC2)c(C)c1. The zero-order chi connectivity index (χ0) is 18.4. The Morgan fingerprint density at radius 2 is 1.81 bits per heavy atom. The lowest BCUT2D eigenvalue weighted by atomic mass is 10.1. The van der Waals surface area contributed by atoms with Gasteiger partial charge in [-0.15, -0.1) is 0 Å². The van der Waals surface area contributed by atoms with Gasteiger partial charge in [-0.25, -0.2) is 0 Å². The molecule has 1 saturated heterocycles.